The minimum Gasteiger partial charge on any atom is -0.507 e. The number of phenolic OH excluding ortho intramolecular Hbond substituents is 1. The first-order valence-electron chi connectivity index (χ1n) is 6.63. The van der Waals surface area contributed by atoms with Crippen molar-refractivity contribution in [3.05, 3.63) is 29.1 Å². The molecule has 0 atom stereocenters. The second kappa shape index (κ2) is 7.36. The van der Waals surface area contributed by atoms with Gasteiger partial charge < -0.3 is 9.84 Å². The highest BCUT2D eigenvalue weighted by Crippen LogP contribution is 2.25. The van der Waals surface area contributed by atoms with E-state index in [-0.39, 0.29) is 23.2 Å². The molecule has 0 saturated heterocycles. The third-order valence-electron chi connectivity index (χ3n) is 2.90. The molecule has 0 spiro atoms. The number of hydrogen-bond donors (Lipinski definition) is 1. The van der Waals surface area contributed by atoms with Gasteiger partial charge in [-0.15, -0.1) is 0 Å². The summed E-state index contributed by atoms with van der Waals surface area (Å²) in [4.78, 5) is 13.2. The van der Waals surface area contributed by atoms with Gasteiger partial charge in [-0.1, -0.05) is 0 Å². The lowest BCUT2D eigenvalue weighted by Gasteiger charge is -2.19. The number of hydrogen-bond acceptors (Lipinski definition) is 4. The van der Waals surface area contributed by atoms with E-state index < -0.39 is 5.82 Å². The van der Waals surface area contributed by atoms with Crippen LogP contribution in [0.15, 0.2) is 12.1 Å². The number of Topliss-reactive ketones (excluding diaryl/α,β-unsaturated/α-hetero) is 1. The molecule has 0 aromatic heterocycles. The van der Waals surface area contributed by atoms with Crippen LogP contribution in [0, 0.1) is 5.82 Å². The summed E-state index contributed by atoms with van der Waals surface area (Å²) in [6, 6.07) is 2.31. The van der Waals surface area contributed by atoms with Crippen LogP contribution in [0.4, 0.5) is 4.39 Å². The number of likely N-dealkylation sites (N-methyl/N-ethyl adjacent to an activating group) is 1. The molecule has 1 rings (SSSR count). The summed E-state index contributed by atoms with van der Waals surface area (Å²) < 4.78 is 18.9. The van der Waals surface area contributed by atoms with Crippen LogP contribution in [-0.2, 0) is 11.3 Å². The molecule has 1 aromatic rings. The van der Waals surface area contributed by atoms with E-state index in [0.717, 1.165) is 6.07 Å². The Kier molecular flexibility index (Phi) is 6.10. The summed E-state index contributed by atoms with van der Waals surface area (Å²) >= 11 is 0. The van der Waals surface area contributed by atoms with Crippen molar-refractivity contribution in [3.8, 4) is 5.75 Å². The Bertz CT molecular complexity index is 474. The Labute approximate surface area is 119 Å². The summed E-state index contributed by atoms with van der Waals surface area (Å²) in [5.74, 6) is -1.01. The fourth-order valence-corrected chi connectivity index (χ4v) is 1.86. The fourth-order valence-electron chi connectivity index (χ4n) is 1.86. The molecule has 4 nitrogen and oxygen atoms in total. The minimum absolute atomic E-state index is 0.0202. The lowest BCUT2D eigenvalue weighted by molar-refractivity contribution is 0.0625. The molecule has 0 unspecified atom stereocenters. The molecular formula is C15H22FNO3. The second-order valence-corrected chi connectivity index (χ2v) is 5.17. The highest BCUT2D eigenvalue weighted by atomic mass is 19.1. The quantitative estimate of drug-likeness (QED) is 0.781. The predicted octanol–water partition coefficient (Wildman–Crippen LogP) is 2.59. The monoisotopic (exact) mass is 283 g/mol. The average molecular weight is 283 g/mol. The van der Waals surface area contributed by atoms with E-state index >= 15 is 0 Å². The van der Waals surface area contributed by atoms with Gasteiger partial charge in [0, 0.05) is 18.7 Å². The minimum atomic E-state index is -0.519. The number of benzene rings is 1. The van der Waals surface area contributed by atoms with Crippen molar-refractivity contribution < 1.29 is 19.0 Å². The zero-order chi connectivity index (χ0) is 15.3. The molecule has 0 saturated carbocycles. The smallest absolute Gasteiger partial charge is 0.163 e. The van der Waals surface area contributed by atoms with Crippen LogP contribution in [0.25, 0.3) is 0 Å². The van der Waals surface area contributed by atoms with Gasteiger partial charge in [0.15, 0.2) is 5.78 Å². The van der Waals surface area contributed by atoms with Crippen LogP contribution in [0.5, 0.6) is 5.75 Å². The number of rotatable bonds is 7. The highest BCUT2D eigenvalue weighted by molar-refractivity contribution is 5.97. The first-order valence-corrected chi connectivity index (χ1v) is 6.63. The summed E-state index contributed by atoms with van der Waals surface area (Å²) in [6.07, 6.45) is 0.162. The number of phenols is 1. The Morgan fingerprint density at radius 1 is 1.45 bits per heavy atom. The van der Waals surface area contributed by atoms with E-state index in [1.54, 1.807) is 0 Å². The molecule has 1 aromatic carbocycles. The van der Waals surface area contributed by atoms with E-state index in [9.17, 15) is 14.3 Å². The number of ether oxygens (including phenoxy) is 1. The maximum absolute atomic E-state index is 13.5. The Balaban J connectivity index is 2.74. The van der Waals surface area contributed by atoms with E-state index in [4.69, 9.17) is 4.74 Å². The van der Waals surface area contributed by atoms with Crippen molar-refractivity contribution in [3.63, 3.8) is 0 Å². The number of ketones is 1. The molecule has 0 bridgehead atoms. The lowest BCUT2D eigenvalue weighted by Crippen LogP contribution is -2.24. The number of nitrogens with zero attached hydrogens (tertiary/aromatic N) is 1. The van der Waals surface area contributed by atoms with E-state index in [1.165, 1.54) is 13.0 Å². The predicted molar refractivity (Wildman–Crippen MR) is 75.5 cm³/mol. The van der Waals surface area contributed by atoms with Crippen molar-refractivity contribution in [1.29, 1.82) is 0 Å². The normalized spacial score (nSPS) is 11.3. The van der Waals surface area contributed by atoms with Gasteiger partial charge in [-0.2, -0.15) is 0 Å². The zero-order valence-corrected chi connectivity index (χ0v) is 12.4. The lowest BCUT2D eigenvalue weighted by atomic mass is 10.1. The largest absolute Gasteiger partial charge is 0.507 e. The van der Waals surface area contributed by atoms with Gasteiger partial charge in [0.1, 0.15) is 11.6 Å². The molecule has 0 radical (unpaired) electrons. The van der Waals surface area contributed by atoms with E-state index in [2.05, 4.69) is 0 Å². The van der Waals surface area contributed by atoms with Gasteiger partial charge in [-0.3, -0.25) is 9.69 Å². The molecule has 0 aliphatic carbocycles. The van der Waals surface area contributed by atoms with Gasteiger partial charge in [0.05, 0.1) is 18.3 Å². The molecule has 0 aliphatic heterocycles. The Hall–Kier alpha value is -1.46. The molecule has 0 fully saturated rings. The molecule has 5 heteroatoms. The van der Waals surface area contributed by atoms with Crippen LogP contribution in [0.3, 0.4) is 0 Å². The summed E-state index contributed by atoms with van der Waals surface area (Å²) in [5, 5.41) is 10.0. The molecule has 0 heterocycles. The summed E-state index contributed by atoms with van der Waals surface area (Å²) in [5.41, 5.74) is 0.425. The molecule has 0 amide bonds. The van der Waals surface area contributed by atoms with Gasteiger partial charge in [0.2, 0.25) is 0 Å². The fraction of sp³-hybridized carbons (Fsp3) is 0.533. The summed E-state index contributed by atoms with van der Waals surface area (Å²) in [6.45, 7) is 6.78. The Morgan fingerprint density at radius 2 is 2.10 bits per heavy atom. The van der Waals surface area contributed by atoms with E-state index in [1.807, 2.05) is 25.8 Å². The molecule has 20 heavy (non-hydrogen) atoms. The van der Waals surface area contributed by atoms with Crippen molar-refractivity contribution in [2.24, 2.45) is 0 Å². The average Bonchev–Trinajstić information content (AvgIpc) is 2.32. The van der Waals surface area contributed by atoms with Crippen molar-refractivity contribution in [2.75, 3.05) is 20.2 Å². The van der Waals surface area contributed by atoms with Crippen molar-refractivity contribution in [1.82, 2.24) is 4.90 Å². The van der Waals surface area contributed by atoms with Gasteiger partial charge in [-0.05, 0) is 40.0 Å². The summed E-state index contributed by atoms with van der Waals surface area (Å²) in [7, 11) is 1.85. The topological polar surface area (TPSA) is 49.8 Å². The van der Waals surface area contributed by atoms with Crippen molar-refractivity contribution in [2.45, 2.75) is 33.4 Å². The second-order valence-electron chi connectivity index (χ2n) is 5.17. The zero-order valence-electron chi connectivity index (χ0n) is 12.4. The van der Waals surface area contributed by atoms with Crippen LogP contribution in [0.2, 0.25) is 0 Å². The van der Waals surface area contributed by atoms with Crippen LogP contribution < -0.4 is 0 Å². The SMILES string of the molecule is CC(=O)c1cc(F)cc(CN(C)CCOC(C)C)c1O. The molecule has 0 aliphatic rings. The third kappa shape index (κ3) is 4.90. The van der Waals surface area contributed by atoms with E-state index in [0.29, 0.717) is 25.3 Å². The standard InChI is InChI=1S/C15H22FNO3/c1-10(2)20-6-5-17(4)9-12-7-13(16)8-14(11(3)18)15(12)19/h7-8,10,19H,5-6,9H2,1-4H3. The molecule has 112 valence electrons. The first-order chi connectivity index (χ1) is 9.31. The Morgan fingerprint density at radius 3 is 2.65 bits per heavy atom. The van der Waals surface area contributed by atoms with Crippen LogP contribution in [-0.4, -0.2) is 42.1 Å². The highest BCUT2D eigenvalue weighted by Gasteiger charge is 2.15. The number of halogens is 1. The maximum atomic E-state index is 13.5. The molecular weight excluding hydrogens is 261 g/mol. The van der Waals surface area contributed by atoms with Crippen LogP contribution in [0.1, 0.15) is 36.7 Å². The van der Waals surface area contributed by atoms with Gasteiger partial charge in [0.25, 0.3) is 0 Å². The van der Waals surface area contributed by atoms with Crippen molar-refractivity contribution >= 4 is 5.78 Å². The van der Waals surface area contributed by atoms with Crippen LogP contribution >= 0.6 is 0 Å². The third-order valence-corrected chi connectivity index (χ3v) is 2.90. The molecule has 1 N–H and O–H groups in total. The number of carbonyl (C=O) groups excluding carboxylic acids is 1. The van der Waals surface area contributed by atoms with Gasteiger partial charge >= 0.3 is 0 Å². The number of carbonyl (C=O) groups is 1. The van der Waals surface area contributed by atoms with Gasteiger partial charge in [-0.25, -0.2) is 4.39 Å². The number of aromatic hydroxyl groups is 1. The maximum Gasteiger partial charge on any atom is 0.163 e. The first kappa shape index (κ1) is 16.6.